The number of guanidine groups is 1. The Balaban J connectivity index is 1.88. The van der Waals surface area contributed by atoms with Gasteiger partial charge in [0.2, 0.25) is 0 Å². The number of thiazole rings is 1. The first kappa shape index (κ1) is 19.4. The molecule has 0 aliphatic rings. The van der Waals surface area contributed by atoms with E-state index < -0.39 is 0 Å². The largest absolute Gasteiger partial charge is 0.493 e. The van der Waals surface area contributed by atoms with Crippen molar-refractivity contribution in [3.8, 4) is 11.5 Å². The highest BCUT2D eigenvalue weighted by Crippen LogP contribution is 2.29. The Hall–Kier alpha value is -1.93. The van der Waals surface area contributed by atoms with Crippen LogP contribution in [0.1, 0.15) is 13.3 Å². The molecule has 25 heavy (non-hydrogen) atoms. The molecule has 0 aliphatic heterocycles. The highest BCUT2D eigenvalue weighted by molar-refractivity contribution is 8.00. The van der Waals surface area contributed by atoms with Crippen molar-refractivity contribution in [2.75, 3.05) is 38.4 Å². The molecule has 0 radical (unpaired) electrons. The second-order valence-corrected chi connectivity index (χ2v) is 7.19. The van der Waals surface area contributed by atoms with Gasteiger partial charge in [-0.25, -0.2) is 4.98 Å². The maximum Gasteiger partial charge on any atom is 0.195 e. The first-order valence-electron chi connectivity index (χ1n) is 8.06. The van der Waals surface area contributed by atoms with Gasteiger partial charge in [0, 0.05) is 42.2 Å². The summed E-state index contributed by atoms with van der Waals surface area (Å²) in [6.07, 6.45) is 2.83. The molecule has 0 amide bonds. The molecule has 8 heteroatoms. The number of thioether (sulfide) groups is 1. The predicted octanol–water partition coefficient (Wildman–Crippen LogP) is 3.72. The van der Waals surface area contributed by atoms with E-state index in [9.17, 15) is 0 Å². The van der Waals surface area contributed by atoms with Gasteiger partial charge in [0.15, 0.2) is 17.5 Å². The lowest BCUT2D eigenvalue weighted by Crippen LogP contribution is -2.30. The van der Waals surface area contributed by atoms with Crippen LogP contribution in [0.25, 0.3) is 0 Å². The Morgan fingerprint density at radius 1 is 1.28 bits per heavy atom. The fourth-order valence-corrected chi connectivity index (χ4v) is 3.69. The van der Waals surface area contributed by atoms with E-state index in [4.69, 9.17) is 9.47 Å². The van der Waals surface area contributed by atoms with E-state index >= 15 is 0 Å². The molecule has 1 aromatic heterocycles. The zero-order valence-electron chi connectivity index (χ0n) is 14.7. The number of ether oxygens (including phenoxy) is 2. The van der Waals surface area contributed by atoms with Gasteiger partial charge < -0.3 is 20.1 Å². The third-order valence-corrected chi connectivity index (χ3v) is 5.25. The quantitative estimate of drug-likeness (QED) is 0.299. The molecule has 1 heterocycles. The van der Waals surface area contributed by atoms with Gasteiger partial charge in [-0.3, -0.25) is 4.99 Å². The van der Waals surface area contributed by atoms with Gasteiger partial charge in [0.25, 0.3) is 0 Å². The molecule has 0 unspecified atom stereocenters. The molecule has 0 saturated heterocycles. The molecule has 0 spiro atoms. The third-order valence-electron chi connectivity index (χ3n) is 3.20. The van der Waals surface area contributed by atoms with Gasteiger partial charge in [-0.15, -0.1) is 11.3 Å². The lowest BCUT2D eigenvalue weighted by atomic mass is 10.3. The van der Waals surface area contributed by atoms with Crippen molar-refractivity contribution in [2.45, 2.75) is 17.7 Å². The van der Waals surface area contributed by atoms with Crippen molar-refractivity contribution < 1.29 is 9.47 Å². The highest BCUT2D eigenvalue weighted by Gasteiger charge is 2.06. The lowest BCUT2D eigenvalue weighted by molar-refractivity contribution is 0.355. The minimum absolute atomic E-state index is 0.684. The number of aromatic nitrogens is 1. The topological polar surface area (TPSA) is 67.8 Å². The zero-order chi connectivity index (χ0) is 17.9. The fraction of sp³-hybridized carbons (Fsp3) is 0.412. The third kappa shape index (κ3) is 6.47. The van der Waals surface area contributed by atoms with Crippen LogP contribution in [0.15, 0.2) is 39.1 Å². The molecule has 2 rings (SSSR count). The van der Waals surface area contributed by atoms with E-state index in [0.717, 1.165) is 41.2 Å². The molecular weight excluding hydrogens is 356 g/mol. The minimum atomic E-state index is 0.684. The van der Waals surface area contributed by atoms with E-state index in [0.29, 0.717) is 11.5 Å². The SMILES string of the molecule is CCNC(=NCCCSc1nccs1)Nc1ccc(OC)c(OC)c1. The van der Waals surface area contributed by atoms with Crippen molar-refractivity contribution in [1.29, 1.82) is 0 Å². The standard InChI is InChI=1S/C17H24N4O2S2/c1-4-18-16(19-8-5-10-24-17-20-9-11-25-17)21-13-6-7-14(22-2)15(12-13)23-3/h6-7,9,11-12H,4-5,8,10H2,1-3H3,(H2,18,19,21). The van der Waals surface area contributed by atoms with Crippen molar-refractivity contribution in [3.63, 3.8) is 0 Å². The Morgan fingerprint density at radius 2 is 2.12 bits per heavy atom. The van der Waals surface area contributed by atoms with Crippen LogP contribution >= 0.6 is 23.1 Å². The smallest absolute Gasteiger partial charge is 0.195 e. The van der Waals surface area contributed by atoms with Crippen molar-refractivity contribution in [2.24, 2.45) is 4.99 Å². The number of nitrogens with zero attached hydrogens (tertiary/aromatic N) is 2. The number of hydrogen-bond donors (Lipinski definition) is 2. The average Bonchev–Trinajstić information content (AvgIpc) is 3.14. The van der Waals surface area contributed by atoms with Gasteiger partial charge in [-0.05, 0) is 25.5 Å². The van der Waals surface area contributed by atoms with Crippen molar-refractivity contribution in [3.05, 3.63) is 29.8 Å². The van der Waals surface area contributed by atoms with Crippen LogP contribution in [0, 0.1) is 0 Å². The number of benzene rings is 1. The number of rotatable bonds is 9. The summed E-state index contributed by atoms with van der Waals surface area (Å²) < 4.78 is 11.7. The molecule has 0 aliphatic carbocycles. The highest BCUT2D eigenvalue weighted by atomic mass is 32.2. The van der Waals surface area contributed by atoms with E-state index in [1.807, 2.05) is 36.7 Å². The fourth-order valence-electron chi connectivity index (χ4n) is 2.05. The molecule has 0 atom stereocenters. The number of methoxy groups -OCH3 is 2. The summed E-state index contributed by atoms with van der Waals surface area (Å²) in [7, 11) is 3.25. The molecule has 0 bridgehead atoms. The summed E-state index contributed by atoms with van der Waals surface area (Å²) in [6, 6.07) is 5.70. The number of hydrogen-bond acceptors (Lipinski definition) is 6. The Morgan fingerprint density at radius 3 is 2.80 bits per heavy atom. The molecule has 0 saturated carbocycles. The van der Waals surface area contributed by atoms with E-state index in [2.05, 4.69) is 20.6 Å². The first-order chi connectivity index (χ1) is 12.3. The zero-order valence-corrected chi connectivity index (χ0v) is 16.4. The van der Waals surface area contributed by atoms with Gasteiger partial charge in [-0.1, -0.05) is 11.8 Å². The maximum absolute atomic E-state index is 5.33. The lowest BCUT2D eigenvalue weighted by Gasteiger charge is -2.13. The summed E-state index contributed by atoms with van der Waals surface area (Å²) in [6.45, 7) is 3.60. The van der Waals surface area contributed by atoms with Crippen LogP contribution in [-0.4, -0.2) is 44.0 Å². The number of nitrogens with one attached hydrogen (secondary N) is 2. The molecule has 6 nitrogen and oxygen atoms in total. The summed E-state index contributed by atoms with van der Waals surface area (Å²) in [5.74, 6) is 3.15. The summed E-state index contributed by atoms with van der Waals surface area (Å²) in [4.78, 5) is 8.88. The Kier molecular flexibility index (Phi) is 8.41. The Bertz CT molecular complexity index is 663. The van der Waals surface area contributed by atoms with Gasteiger partial charge in [-0.2, -0.15) is 0 Å². The van der Waals surface area contributed by atoms with Crippen LogP contribution in [0.3, 0.4) is 0 Å². The van der Waals surface area contributed by atoms with Crippen molar-refractivity contribution in [1.82, 2.24) is 10.3 Å². The van der Waals surface area contributed by atoms with Crippen LogP contribution in [-0.2, 0) is 0 Å². The minimum Gasteiger partial charge on any atom is -0.493 e. The van der Waals surface area contributed by atoms with Gasteiger partial charge in [0.1, 0.15) is 4.34 Å². The van der Waals surface area contributed by atoms with Crippen LogP contribution in [0.4, 0.5) is 5.69 Å². The summed E-state index contributed by atoms with van der Waals surface area (Å²) in [5.41, 5.74) is 0.898. The summed E-state index contributed by atoms with van der Waals surface area (Å²) >= 11 is 3.44. The summed E-state index contributed by atoms with van der Waals surface area (Å²) in [5, 5.41) is 8.54. The average molecular weight is 381 g/mol. The van der Waals surface area contributed by atoms with E-state index in [1.54, 1.807) is 37.3 Å². The van der Waals surface area contributed by atoms with Crippen LogP contribution < -0.4 is 20.1 Å². The first-order valence-corrected chi connectivity index (χ1v) is 9.93. The predicted molar refractivity (Wildman–Crippen MR) is 107 cm³/mol. The monoisotopic (exact) mass is 380 g/mol. The molecule has 136 valence electrons. The maximum atomic E-state index is 5.33. The Labute approximate surface area is 157 Å². The van der Waals surface area contributed by atoms with E-state index in [-0.39, 0.29) is 0 Å². The normalized spacial score (nSPS) is 11.2. The molecule has 0 fully saturated rings. The number of aliphatic imine (C=N–C) groups is 1. The number of anilines is 1. The second-order valence-electron chi connectivity index (χ2n) is 4.96. The second kappa shape index (κ2) is 10.8. The molecular formula is C17H24N4O2S2. The molecule has 1 aromatic carbocycles. The molecule has 2 N–H and O–H groups in total. The van der Waals surface area contributed by atoms with Gasteiger partial charge in [0.05, 0.1) is 14.2 Å². The van der Waals surface area contributed by atoms with Crippen LogP contribution in [0.5, 0.6) is 11.5 Å². The molecule has 2 aromatic rings. The van der Waals surface area contributed by atoms with Crippen LogP contribution in [0.2, 0.25) is 0 Å². The van der Waals surface area contributed by atoms with E-state index in [1.165, 1.54) is 0 Å². The van der Waals surface area contributed by atoms with Crippen molar-refractivity contribution >= 4 is 34.7 Å². The van der Waals surface area contributed by atoms with Gasteiger partial charge >= 0.3 is 0 Å².